The summed E-state index contributed by atoms with van der Waals surface area (Å²) in [5.74, 6) is -0.595. The van der Waals surface area contributed by atoms with Crippen molar-refractivity contribution in [1.82, 2.24) is 0 Å². The van der Waals surface area contributed by atoms with Crippen LogP contribution in [-0.2, 0) is 19.1 Å². The molecule has 0 aliphatic carbocycles. The van der Waals surface area contributed by atoms with Crippen molar-refractivity contribution in [3.8, 4) is 0 Å². The summed E-state index contributed by atoms with van der Waals surface area (Å²) < 4.78 is 10.6. The van der Waals surface area contributed by atoms with Crippen molar-refractivity contribution in [2.45, 2.75) is 277 Å². The molecule has 0 aromatic rings. The molecule has 0 fully saturated rings. The van der Waals surface area contributed by atoms with Crippen molar-refractivity contribution in [1.29, 1.82) is 0 Å². The molecule has 5 nitrogen and oxygen atoms in total. The Labute approximate surface area is 409 Å². The molecule has 0 bridgehead atoms. The Morgan fingerprint density at radius 3 is 1.00 bits per heavy atom. The third-order valence-corrected chi connectivity index (χ3v) is 12.2. The normalized spacial score (nSPS) is 12.8. The van der Waals surface area contributed by atoms with Crippen LogP contribution >= 0.6 is 0 Å². The molecule has 0 amide bonds. The summed E-state index contributed by atoms with van der Waals surface area (Å²) in [4.78, 5) is 24.4. The van der Waals surface area contributed by atoms with Gasteiger partial charge in [0.05, 0.1) is 6.61 Å². The Balaban J connectivity index is 3.41. The van der Waals surface area contributed by atoms with E-state index in [1.54, 1.807) is 0 Å². The largest absolute Gasteiger partial charge is 0.462 e. The van der Waals surface area contributed by atoms with Gasteiger partial charge in [-0.05, 0) is 83.5 Å². The van der Waals surface area contributed by atoms with E-state index >= 15 is 0 Å². The molecule has 1 unspecified atom stereocenters. The van der Waals surface area contributed by atoms with Crippen LogP contribution in [0.3, 0.4) is 0 Å². The minimum Gasteiger partial charge on any atom is -0.462 e. The van der Waals surface area contributed by atoms with Crippen LogP contribution in [0.2, 0.25) is 0 Å². The lowest BCUT2D eigenvalue weighted by Crippen LogP contribution is -2.28. The van der Waals surface area contributed by atoms with Crippen molar-refractivity contribution in [2.75, 3.05) is 13.2 Å². The molecule has 0 radical (unpaired) electrons. The molecule has 380 valence electrons. The first-order valence-corrected chi connectivity index (χ1v) is 28.1. The topological polar surface area (TPSA) is 72.8 Å². The number of carbonyl (C=O) groups is 2. The molecule has 1 atom stereocenters. The standard InChI is InChI=1S/C61H106O5/c1-3-5-7-9-11-13-15-16-17-18-19-20-21-22-23-24-25-26-27-28-29-30-31-32-33-34-35-36-37-38-39-40-41-42-43-44-46-48-50-52-54-56-61(64)66-59(57-62)58-65-60(63)55-53-51-49-47-45-14-12-10-8-6-4-2/h5,7,10-13,16-17,19-20,22-23,25-26,59,62H,3-4,6,8-9,14-15,18,21,24,27-58H2,1-2H3/b7-5-,12-10-,13-11-,17-16-,20-19-,23-22-,26-25-. The Bertz CT molecular complexity index is 1220. The van der Waals surface area contributed by atoms with Crippen LogP contribution < -0.4 is 0 Å². The zero-order valence-corrected chi connectivity index (χ0v) is 43.4. The summed E-state index contributed by atoms with van der Waals surface area (Å²) in [6.07, 6.45) is 78.7. The molecule has 5 heteroatoms. The van der Waals surface area contributed by atoms with Crippen molar-refractivity contribution in [3.63, 3.8) is 0 Å². The summed E-state index contributed by atoms with van der Waals surface area (Å²) in [6.45, 7) is 3.99. The highest BCUT2D eigenvalue weighted by Crippen LogP contribution is 2.16. The number of hydrogen-bond donors (Lipinski definition) is 1. The van der Waals surface area contributed by atoms with Gasteiger partial charge in [0.15, 0.2) is 6.10 Å². The van der Waals surface area contributed by atoms with Crippen LogP contribution in [0.5, 0.6) is 0 Å². The van der Waals surface area contributed by atoms with E-state index in [0.29, 0.717) is 12.8 Å². The van der Waals surface area contributed by atoms with Gasteiger partial charge in [0.2, 0.25) is 0 Å². The minimum absolute atomic E-state index is 0.0689. The number of allylic oxidation sites excluding steroid dienone is 14. The van der Waals surface area contributed by atoms with E-state index in [9.17, 15) is 14.7 Å². The van der Waals surface area contributed by atoms with Gasteiger partial charge >= 0.3 is 11.9 Å². The maximum absolute atomic E-state index is 12.3. The van der Waals surface area contributed by atoms with Gasteiger partial charge < -0.3 is 14.6 Å². The fourth-order valence-corrected chi connectivity index (χ4v) is 7.95. The van der Waals surface area contributed by atoms with Gasteiger partial charge in [0.1, 0.15) is 6.61 Å². The van der Waals surface area contributed by atoms with Crippen molar-refractivity contribution in [2.24, 2.45) is 0 Å². The highest BCUT2D eigenvalue weighted by atomic mass is 16.6. The molecule has 0 aromatic carbocycles. The first-order valence-electron chi connectivity index (χ1n) is 28.1. The number of ether oxygens (including phenoxy) is 2. The third kappa shape index (κ3) is 53.7. The Kier molecular flexibility index (Phi) is 53.9. The number of carbonyl (C=O) groups excluding carboxylic acids is 2. The first kappa shape index (κ1) is 63.1. The maximum atomic E-state index is 12.3. The number of rotatable bonds is 51. The number of unbranched alkanes of at least 4 members (excludes halogenated alkanes) is 29. The Hall–Kier alpha value is -2.92. The van der Waals surface area contributed by atoms with E-state index in [1.165, 1.54) is 161 Å². The smallest absolute Gasteiger partial charge is 0.306 e. The fourth-order valence-electron chi connectivity index (χ4n) is 7.95. The molecule has 0 rings (SSSR count). The minimum atomic E-state index is -0.774. The lowest BCUT2D eigenvalue weighted by Gasteiger charge is -2.15. The molecular formula is C61H106O5. The van der Waals surface area contributed by atoms with Gasteiger partial charge in [0, 0.05) is 12.8 Å². The molecule has 0 aliphatic rings. The predicted octanol–water partition coefficient (Wildman–Crippen LogP) is 19.0. The van der Waals surface area contributed by atoms with E-state index in [-0.39, 0.29) is 25.2 Å². The van der Waals surface area contributed by atoms with Crippen LogP contribution in [-0.4, -0.2) is 36.4 Å². The number of hydrogen-bond acceptors (Lipinski definition) is 5. The molecule has 1 N–H and O–H groups in total. The number of esters is 2. The zero-order chi connectivity index (χ0) is 47.7. The molecule has 0 heterocycles. The van der Waals surface area contributed by atoms with E-state index in [1.807, 2.05) is 0 Å². The molecule has 0 saturated heterocycles. The van der Waals surface area contributed by atoms with Gasteiger partial charge in [0.25, 0.3) is 0 Å². The fraction of sp³-hybridized carbons (Fsp3) is 0.738. The second kappa shape index (κ2) is 56.4. The maximum Gasteiger partial charge on any atom is 0.306 e. The number of aliphatic hydroxyl groups excluding tert-OH is 1. The van der Waals surface area contributed by atoms with E-state index < -0.39 is 6.10 Å². The van der Waals surface area contributed by atoms with Gasteiger partial charge in [-0.1, -0.05) is 259 Å². The summed E-state index contributed by atoms with van der Waals surface area (Å²) in [5.41, 5.74) is 0. The van der Waals surface area contributed by atoms with E-state index in [2.05, 4.69) is 98.9 Å². The van der Waals surface area contributed by atoms with Crippen LogP contribution in [0.15, 0.2) is 85.1 Å². The van der Waals surface area contributed by atoms with Crippen LogP contribution in [0.4, 0.5) is 0 Å². The highest BCUT2D eigenvalue weighted by molar-refractivity contribution is 5.70. The zero-order valence-electron chi connectivity index (χ0n) is 43.4. The SMILES string of the molecule is CC/C=C\C/C=C\C/C=C\C/C=C\C/C=C\C/C=C\CCCCCCCCCCCCCCCCCCCCCCCCC(=O)OC(CO)COC(=O)CCCCCCC/C=C\CCCC. The van der Waals surface area contributed by atoms with E-state index in [0.717, 1.165) is 83.5 Å². The Morgan fingerprint density at radius 1 is 0.364 bits per heavy atom. The lowest BCUT2D eigenvalue weighted by molar-refractivity contribution is -0.161. The van der Waals surface area contributed by atoms with Crippen molar-refractivity contribution < 1.29 is 24.2 Å². The molecule has 66 heavy (non-hydrogen) atoms. The summed E-state index contributed by atoms with van der Waals surface area (Å²) in [6, 6.07) is 0. The van der Waals surface area contributed by atoms with Crippen LogP contribution in [0.1, 0.15) is 271 Å². The van der Waals surface area contributed by atoms with Crippen LogP contribution in [0, 0.1) is 0 Å². The van der Waals surface area contributed by atoms with Gasteiger partial charge in [-0.25, -0.2) is 0 Å². The average molecular weight is 920 g/mol. The molecule has 0 aromatic heterocycles. The molecule has 0 spiro atoms. The molecular weight excluding hydrogens is 813 g/mol. The first-order chi connectivity index (χ1) is 32.6. The average Bonchev–Trinajstić information content (AvgIpc) is 3.32. The monoisotopic (exact) mass is 919 g/mol. The summed E-state index contributed by atoms with van der Waals surface area (Å²) in [5, 5.41) is 9.60. The molecule has 0 saturated carbocycles. The summed E-state index contributed by atoms with van der Waals surface area (Å²) in [7, 11) is 0. The lowest BCUT2D eigenvalue weighted by atomic mass is 10.0. The predicted molar refractivity (Wildman–Crippen MR) is 288 cm³/mol. The van der Waals surface area contributed by atoms with Gasteiger partial charge in [-0.3, -0.25) is 9.59 Å². The highest BCUT2D eigenvalue weighted by Gasteiger charge is 2.16. The Morgan fingerprint density at radius 2 is 0.652 bits per heavy atom. The quantitative estimate of drug-likeness (QED) is 0.0374. The third-order valence-electron chi connectivity index (χ3n) is 12.2. The second-order valence-electron chi connectivity index (χ2n) is 18.6. The van der Waals surface area contributed by atoms with Crippen molar-refractivity contribution in [3.05, 3.63) is 85.1 Å². The van der Waals surface area contributed by atoms with Gasteiger partial charge in [-0.2, -0.15) is 0 Å². The van der Waals surface area contributed by atoms with Gasteiger partial charge in [-0.15, -0.1) is 0 Å². The second-order valence-corrected chi connectivity index (χ2v) is 18.6. The van der Waals surface area contributed by atoms with Crippen LogP contribution in [0.25, 0.3) is 0 Å². The van der Waals surface area contributed by atoms with E-state index in [4.69, 9.17) is 9.47 Å². The number of aliphatic hydroxyl groups is 1. The summed E-state index contributed by atoms with van der Waals surface area (Å²) >= 11 is 0. The molecule has 0 aliphatic heterocycles. The van der Waals surface area contributed by atoms with Crippen molar-refractivity contribution >= 4 is 11.9 Å².